The van der Waals surface area contributed by atoms with E-state index < -0.39 is 0 Å². The average molecular weight is 185 g/mol. The Morgan fingerprint density at radius 2 is 1.86 bits per heavy atom. The van der Waals surface area contributed by atoms with Gasteiger partial charge in [0.2, 0.25) is 0 Å². The lowest BCUT2D eigenvalue weighted by Crippen LogP contribution is -1.93. The number of benzene rings is 1. The lowest BCUT2D eigenvalue weighted by Gasteiger charge is -2.07. The summed E-state index contributed by atoms with van der Waals surface area (Å²) in [5.74, 6) is 0. The molecule has 0 aliphatic heterocycles. The SMILES string of the molecule is [CH]=CCc1ccc2c(c1)CCCCC2. The number of allylic oxidation sites excluding steroid dienone is 1. The molecule has 1 aromatic rings. The predicted octanol–water partition coefficient (Wildman–Crippen LogP) is 3.49. The molecule has 0 nitrogen and oxygen atoms in total. The second-order valence-corrected chi connectivity index (χ2v) is 4.10. The quantitative estimate of drug-likeness (QED) is 0.619. The third-order valence-corrected chi connectivity index (χ3v) is 3.02. The van der Waals surface area contributed by atoms with Crippen molar-refractivity contribution in [1.82, 2.24) is 0 Å². The molecule has 0 aromatic heterocycles. The van der Waals surface area contributed by atoms with E-state index in [1.165, 1.54) is 37.7 Å². The highest BCUT2D eigenvalue weighted by Crippen LogP contribution is 2.21. The molecule has 14 heavy (non-hydrogen) atoms. The van der Waals surface area contributed by atoms with Gasteiger partial charge in [-0.1, -0.05) is 37.3 Å². The number of fused-ring (bicyclic) bond motifs is 1. The van der Waals surface area contributed by atoms with Crippen LogP contribution < -0.4 is 0 Å². The number of hydrogen-bond donors (Lipinski definition) is 0. The highest BCUT2D eigenvalue weighted by molar-refractivity contribution is 5.33. The molecule has 0 heteroatoms. The van der Waals surface area contributed by atoms with Gasteiger partial charge < -0.3 is 0 Å². The monoisotopic (exact) mass is 185 g/mol. The largest absolute Gasteiger partial charge is 0.0801 e. The second-order valence-electron chi connectivity index (χ2n) is 4.10. The van der Waals surface area contributed by atoms with Gasteiger partial charge in [-0.3, -0.25) is 0 Å². The van der Waals surface area contributed by atoms with Gasteiger partial charge >= 0.3 is 0 Å². The molecule has 0 atom stereocenters. The van der Waals surface area contributed by atoms with E-state index >= 15 is 0 Å². The van der Waals surface area contributed by atoms with Gasteiger partial charge in [-0.05, 0) is 48.8 Å². The molecule has 0 bridgehead atoms. The van der Waals surface area contributed by atoms with Crippen LogP contribution in [-0.4, -0.2) is 0 Å². The van der Waals surface area contributed by atoms with Crippen LogP contribution in [0.2, 0.25) is 0 Å². The summed E-state index contributed by atoms with van der Waals surface area (Å²) in [4.78, 5) is 0. The normalized spacial score (nSPS) is 15.7. The Morgan fingerprint density at radius 1 is 1.07 bits per heavy atom. The van der Waals surface area contributed by atoms with Crippen molar-refractivity contribution in [3.05, 3.63) is 47.5 Å². The van der Waals surface area contributed by atoms with E-state index in [0.717, 1.165) is 6.42 Å². The minimum Gasteiger partial charge on any atom is -0.0801 e. The highest BCUT2D eigenvalue weighted by Gasteiger charge is 2.07. The molecule has 0 amide bonds. The first-order valence-electron chi connectivity index (χ1n) is 5.54. The topological polar surface area (TPSA) is 0 Å². The van der Waals surface area contributed by atoms with Gasteiger partial charge in [-0.15, -0.1) is 0 Å². The molecule has 0 unspecified atom stereocenters. The maximum atomic E-state index is 5.44. The Balaban J connectivity index is 2.27. The van der Waals surface area contributed by atoms with Crippen molar-refractivity contribution in [3.8, 4) is 0 Å². The zero-order valence-corrected chi connectivity index (χ0v) is 8.63. The third kappa shape index (κ3) is 2.06. The first-order valence-corrected chi connectivity index (χ1v) is 5.54. The summed E-state index contributed by atoms with van der Waals surface area (Å²) in [5.41, 5.74) is 4.47. The van der Waals surface area contributed by atoms with Crippen LogP contribution in [0.5, 0.6) is 0 Å². The lowest BCUT2D eigenvalue weighted by atomic mass is 9.99. The molecule has 0 spiro atoms. The molecule has 1 aromatic carbocycles. The standard InChI is InChI=1S/C14H17/c1-2-6-12-9-10-13-7-4-3-5-8-14(13)11-12/h1-2,9-11H,3-8H2. The van der Waals surface area contributed by atoms with E-state index in [9.17, 15) is 0 Å². The fourth-order valence-corrected chi connectivity index (χ4v) is 2.23. The van der Waals surface area contributed by atoms with Crippen molar-refractivity contribution in [1.29, 1.82) is 0 Å². The van der Waals surface area contributed by atoms with E-state index in [-0.39, 0.29) is 0 Å². The number of rotatable bonds is 2. The number of hydrogen-bond acceptors (Lipinski definition) is 0. The van der Waals surface area contributed by atoms with Crippen LogP contribution >= 0.6 is 0 Å². The van der Waals surface area contributed by atoms with Gasteiger partial charge in [0.05, 0.1) is 0 Å². The summed E-state index contributed by atoms with van der Waals surface area (Å²) < 4.78 is 0. The Kier molecular flexibility index (Phi) is 3.03. The Hall–Kier alpha value is -1.04. The van der Waals surface area contributed by atoms with E-state index in [2.05, 4.69) is 18.2 Å². The average Bonchev–Trinajstić information content (AvgIpc) is 2.42. The van der Waals surface area contributed by atoms with Crippen LogP contribution in [0.15, 0.2) is 24.3 Å². The van der Waals surface area contributed by atoms with E-state index in [4.69, 9.17) is 6.58 Å². The summed E-state index contributed by atoms with van der Waals surface area (Å²) in [6, 6.07) is 6.84. The third-order valence-electron chi connectivity index (χ3n) is 3.02. The van der Waals surface area contributed by atoms with Crippen LogP contribution in [-0.2, 0) is 19.3 Å². The molecule has 0 fully saturated rings. The zero-order valence-electron chi connectivity index (χ0n) is 8.63. The van der Waals surface area contributed by atoms with Gasteiger partial charge in [-0.25, -0.2) is 0 Å². The van der Waals surface area contributed by atoms with E-state index in [0.29, 0.717) is 0 Å². The van der Waals surface area contributed by atoms with Crippen molar-refractivity contribution in [2.75, 3.05) is 0 Å². The van der Waals surface area contributed by atoms with Crippen LogP contribution in [0.1, 0.15) is 36.0 Å². The van der Waals surface area contributed by atoms with Gasteiger partial charge in [0.25, 0.3) is 0 Å². The first-order chi connectivity index (χ1) is 6.90. The summed E-state index contributed by atoms with van der Waals surface area (Å²) in [7, 11) is 0. The van der Waals surface area contributed by atoms with Crippen molar-refractivity contribution in [3.63, 3.8) is 0 Å². The van der Waals surface area contributed by atoms with Crippen molar-refractivity contribution in [2.45, 2.75) is 38.5 Å². The van der Waals surface area contributed by atoms with Crippen LogP contribution in [0.25, 0.3) is 0 Å². The second kappa shape index (κ2) is 4.45. The molecule has 0 heterocycles. The minimum atomic E-state index is 0.896. The Labute approximate surface area is 86.7 Å². The summed E-state index contributed by atoms with van der Waals surface area (Å²) in [5, 5.41) is 0. The molecule has 0 saturated carbocycles. The fraction of sp³-hybridized carbons (Fsp3) is 0.429. The van der Waals surface area contributed by atoms with Gasteiger partial charge in [0, 0.05) is 0 Å². The molecule has 73 valence electrons. The van der Waals surface area contributed by atoms with Crippen molar-refractivity contribution < 1.29 is 0 Å². The Morgan fingerprint density at radius 3 is 2.64 bits per heavy atom. The van der Waals surface area contributed by atoms with Crippen LogP contribution in [0.4, 0.5) is 0 Å². The predicted molar refractivity (Wildman–Crippen MR) is 60.3 cm³/mol. The Bertz CT molecular complexity index is 323. The summed E-state index contributed by atoms with van der Waals surface area (Å²) in [6.07, 6.45) is 9.24. The fourth-order valence-electron chi connectivity index (χ4n) is 2.23. The molecule has 0 saturated heterocycles. The van der Waals surface area contributed by atoms with Crippen LogP contribution in [0.3, 0.4) is 0 Å². The first kappa shape index (κ1) is 9.51. The number of aryl methyl sites for hydroxylation is 2. The summed E-state index contributed by atoms with van der Waals surface area (Å²) >= 11 is 0. The summed E-state index contributed by atoms with van der Waals surface area (Å²) in [6.45, 7) is 5.44. The molecule has 2 rings (SSSR count). The van der Waals surface area contributed by atoms with Crippen molar-refractivity contribution >= 4 is 0 Å². The molecule has 0 N–H and O–H groups in total. The molecular formula is C14H17. The zero-order chi connectivity index (χ0) is 9.80. The van der Waals surface area contributed by atoms with Gasteiger partial charge in [-0.2, -0.15) is 0 Å². The van der Waals surface area contributed by atoms with Gasteiger partial charge in [0.15, 0.2) is 0 Å². The lowest BCUT2D eigenvalue weighted by molar-refractivity contribution is 0.711. The van der Waals surface area contributed by atoms with E-state index in [1.807, 2.05) is 0 Å². The molecule has 1 radical (unpaired) electrons. The van der Waals surface area contributed by atoms with Crippen LogP contribution in [0, 0.1) is 6.58 Å². The maximum Gasteiger partial charge on any atom is -0.00942 e. The smallest absolute Gasteiger partial charge is 0.00942 e. The van der Waals surface area contributed by atoms with E-state index in [1.54, 1.807) is 17.2 Å². The molecule has 1 aliphatic rings. The maximum absolute atomic E-state index is 5.44. The van der Waals surface area contributed by atoms with Crippen molar-refractivity contribution in [2.24, 2.45) is 0 Å². The highest BCUT2D eigenvalue weighted by atomic mass is 14.1. The molecular weight excluding hydrogens is 168 g/mol. The molecule has 1 aliphatic carbocycles. The van der Waals surface area contributed by atoms with Gasteiger partial charge in [0.1, 0.15) is 0 Å². The minimum absolute atomic E-state index is 0.896.